The zero-order valence-electron chi connectivity index (χ0n) is 13.9. The first kappa shape index (κ1) is 20.2. The van der Waals surface area contributed by atoms with E-state index in [-0.39, 0.29) is 6.10 Å². The van der Waals surface area contributed by atoms with Gasteiger partial charge in [-0.05, 0) is 50.7 Å². The number of likely N-dealkylation sites (tertiary alicyclic amines) is 1. The van der Waals surface area contributed by atoms with Crippen LogP contribution in [-0.2, 0) is 0 Å². The minimum absolute atomic E-state index is 0.0845. The molecule has 18 heavy (non-hydrogen) atoms. The molecule has 1 rings (SSSR count). The summed E-state index contributed by atoms with van der Waals surface area (Å²) in [4.78, 5) is 2.52. The molecule has 0 aliphatic carbocycles. The van der Waals surface area contributed by atoms with E-state index in [1.807, 2.05) is 27.7 Å². The van der Waals surface area contributed by atoms with Gasteiger partial charge in [0.25, 0.3) is 0 Å². The van der Waals surface area contributed by atoms with Crippen molar-refractivity contribution in [2.75, 3.05) is 19.6 Å². The lowest BCUT2D eigenvalue weighted by atomic mass is 9.86. The number of aliphatic hydroxyl groups excluding tert-OH is 1. The van der Waals surface area contributed by atoms with E-state index in [0.717, 1.165) is 0 Å². The molecule has 0 saturated carbocycles. The molecule has 1 N–H and O–H groups in total. The van der Waals surface area contributed by atoms with Gasteiger partial charge in [0.15, 0.2) is 0 Å². The highest BCUT2D eigenvalue weighted by molar-refractivity contribution is 4.78. The number of rotatable bonds is 4. The van der Waals surface area contributed by atoms with E-state index >= 15 is 0 Å². The molecule has 1 heterocycles. The molecule has 0 aromatic carbocycles. The maximum atomic E-state index is 9.95. The van der Waals surface area contributed by atoms with Crippen molar-refractivity contribution in [1.29, 1.82) is 0 Å². The molecule has 1 aliphatic heterocycles. The number of nitrogens with zero attached hydrogens (tertiary/aromatic N) is 1. The fourth-order valence-corrected chi connectivity index (χ4v) is 2.38. The first-order valence-electron chi connectivity index (χ1n) is 8.05. The second-order valence-corrected chi connectivity index (χ2v) is 4.91. The molecular formula is C16H37NO. The largest absolute Gasteiger partial charge is 0.393 e. The molecular weight excluding hydrogens is 222 g/mol. The fourth-order valence-electron chi connectivity index (χ4n) is 2.38. The second-order valence-electron chi connectivity index (χ2n) is 4.91. The summed E-state index contributed by atoms with van der Waals surface area (Å²) in [5, 5.41) is 9.95. The van der Waals surface area contributed by atoms with Gasteiger partial charge in [-0.1, -0.05) is 48.5 Å². The van der Waals surface area contributed by atoms with Crippen molar-refractivity contribution < 1.29 is 5.11 Å². The van der Waals surface area contributed by atoms with Crippen molar-refractivity contribution in [1.82, 2.24) is 4.90 Å². The lowest BCUT2D eigenvalue weighted by Crippen LogP contribution is -2.39. The number of piperidine rings is 1. The summed E-state index contributed by atoms with van der Waals surface area (Å²) in [6.45, 7) is 18.1. The van der Waals surface area contributed by atoms with E-state index < -0.39 is 0 Å². The van der Waals surface area contributed by atoms with Crippen LogP contribution in [0.3, 0.4) is 0 Å². The van der Waals surface area contributed by atoms with Crippen LogP contribution < -0.4 is 0 Å². The molecule has 0 radical (unpaired) electrons. The minimum atomic E-state index is -0.0845. The molecule has 1 aliphatic rings. The van der Waals surface area contributed by atoms with Gasteiger partial charge in [-0.25, -0.2) is 0 Å². The van der Waals surface area contributed by atoms with Crippen molar-refractivity contribution in [2.45, 2.75) is 73.8 Å². The molecule has 1 fully saturated rings. The molecule has 1 saturated heterocycles. The highest BCUT2D eigenvalue weighted by Gasteiger charge is 2.26. The Morgan fingerprint density at radius 1 is 1.06 bits per heavy atom. The third-order valence-electron chi connectivity index (χ3n) is 3.34. The summed E-state index contributed by atoms with van der Waals surface area (Å²) in [6, 6.07) is 0. The third-order valence-corrected chi connectivity index (χ3v) is 3.34. The lowest BCUT2D eigenvalue weighted by molar-refractivity contribution is 0.0285. The Kier molecular flexibility index (Phi) is 15.0. The molecule has 0 aromatic heterocycles. The first-order chi connectivity index (χ1) is 8.65. The highest BCUT2D eigenvalue weighted by Crippen LogP contribution is 2.24. The SMILES string of the molecule is CC.CC.CCCN1CCC(C(O)C(C)C)CC1. The van der Waals surface area contributed by atoms with Gasteiger partial charge >= 0.3 is 0 Å². The van der Waals surface area contributed by atoms with Crippen LogP contribution in [0, 0.1) is 11.8 Å². The minimum Gasteiger partial charge on any atom is -0.393 e. The Hall–Kier alpha value is -0.0800. The van der Waals surface area contributed by atoms with Crippen LogP contribution in [0.25, 0.3) is 0 Å². The summed E-state index contributed by atoms with van der Waals surface area (Å²) in [5.41, 5.74) is 0. The van der Waals surface area contributed by atoms with E-state index in [4.69, 9.17) is 0 Å². The maximum Gasteiger partial charge on any atom is 0.0592 e. The van der Waals surface area contributed by atoms with Gasteiger partial charge in [0, 0.05) is 0 Å². The fraction of sp³-hybridized carbons (Fsp3) is 1.00. The maximum absolute atomic E-state index is 9.95. The van der Waals surface area contributed by atoms with Crippen LogP contribution in [0.4, 0.5) is 0 Å². The molecule has 0 spiro atoms. The molecule has 2 nitrogen and oxygen atoms in total. The van der Waals surface area contributed by atoms with Crippen LogP contribution in [0.2, 0.25) is 0 Å². The lowest BCUT2D eigenvalue weighted by Gasteiger charge is -2.35. The number of hydrogen-bond donors (Lipinski definition) is 1. The van der Waals surface area contributed by atoms with Gasteiger partial charge in [-0.15, -0.1) is 0 Å². The van der Waals surface area contributed by atoms with Gasteiger partial charge in [-0.2, -0.15) is 0 Å². The summed E-state index contributed by atoms with van der Waals surface area (Å²) in [6.07, 6.45) is 3.52. The Labute approximate surface area is 116 Å². The summed E-state index contributed by atoms with van der Waals surface area (Å²) in [5.74, 6) is 0.959. The van der Waals surface area contributed by atoms with Crippen LogP contribution >= 0.6 is 0 Å². The van der Waals surface area contributed by atoms with Gasteiger partial charge < -0.3 is 10.0 Å². The molecule has 0 aromatic rings. The third kappa shape index (κ3) is 8.10. The van der Waals surface area contributed by atoms with E-state index in [9.17, 15) is 5.11 Å². The Morgan fingerprint density at radius 3 is 1.83 bits per heavy atom. The smallest absolute Gasteiger partial charge is 0.0592 e. The quantitative estimate of drug-likeness (QED) is 0.819. The van der Waals surface area contributed by atoms with Gasteiger partial charge in [0.2, 0.25) is 0 Å². The van der Waals surface area contributed by atoms with E-state index in [1.165, 1.54) is 38.9 Å². The summed E-state index contributed by atoms with van der Waals surface area (Å²) >= 11 is 0. The molecule has 0 amide bonds. The molecule has 112 valence electrons. The highest BCUT2D eigenvalue weighted by atomic mass is 16.3. The van der Waals surface area contributed by atoms with Crippen LogP contribution in [-0.4, -0.2) is 35.7 Å². The van der Waals surface area contributed by atoms with E-state index in [1.54, 1.807) is 0 Å². The van der Waals surface area contributed by atoms with Crippen molar-refractivity contribution in [3.63, 3.8) is 0 Å². The Morgan fingerprint density at radius 2 is 1.50 bits per heavy atom. The summed E-state index contributed by atoms with van der Waals surface area (Å²) in [7, 11) is 0. The standard InChI is InChI=1S/C12H25NO.2C2H6/c1-4-7-13-8-5-11(6-9-13)12(14)10(2)3;2*1-2/h10-12,14H,4-9H2,1-3H3;2*1-2H3. The van der Waals surface area contributed by atoms with E-state index in [0.29, 0.717) is 11.8 Å². The Bertz CT molecular complexity index is 151. The van der Waals surface area contributed by atoms with Crippen molar-refractivity contribution >= 4 is 0 Å². The molecule has 1 atom stereocenters. The molecule has 1 unspecified atom stereocenters. The second kappa shape index (κ2) is 13.4. The normalized spacial score (nSPS) is 18.5. The molecule has 2 heteroatoms. The van der Waals surface area contributed by atoms with Crippen LogP contribution in [0.1, 0.15) is 67.7 Å². The van der Waals surface area contributed by atoms with Crippen LogP contribution in [0.5, 0.6) is 0 Å². The van der Waals surface area contributed by atoms with E-state index in [2.05, 4.69) is 25.7 Å². The monoisotopic (exact) mass is 259 g/mol. The zero-order valence-corrected chi connectivity index (χ0v) is 13.9. The van der Waals surface area contributed by atoms with Crippen LogP contribution in [0.15, 0.2) is 0 Å². The predicted octanol–water partition coefficient (Wildman–Crippen LogP) is 4.18. The Balaban J connectivity index is 0. The van der Waals surface area contributed by atoms with Gasteiger partial charge in [0.05, 0.1) is 6.10 Å². The summed E-state index contributed by atoms with van der Waals surface area (Å²) < 4.78 is 0. The average molecular weight is 259 g/mol. The predicted molar refractivity (Wildman–Crippen MR) is 83.0 cm³/mol. The molecule has 0 bridgehead atoms. The first-order valence-corrected chi connectivity index (χ1v) is 8.05. The van der Waals surface area contributed by atoms with Crippen molar-refractivity contribution in [3.8, 4) is 0 Å². The average Bonchev–Trinajstić information content (AvgIpc) is 2.43. The zero-order chi connectivity index (χ0) is 14.6. The number of hydrogen-bond acceptors (Lipinski definition) is 2. The van der Waals surface area contributed by atoms with Gasteiger partial charge in [0.1, 0.15) is 0 Å². The topological polar surface area (TPSA) is 23.5 Å². The van der Waals surface area contributed by atoms with Crippen molar-refractivity contribution in [2.24, 2.45) is 11.8 Å². The van der Waals surface area contributed by atoms with Crippen molar-refractivity contribution in [3.05, 3.63) is 0 Å². The number of aliphatic hydroxyl groups is 1. The van der Waals surface area contributed by atoms with Gasteiger partial charge in [-0.3, -0.25) is 0 Å².